The highest BCUT2D eigenvalue weighted by molar-refractivity contribution is 8.11. The molecule has 0 aliphatic carbocycles. The highest BCUT2D eigenvalue weighted by Gasteiger charge is 1.52. The minimum absolute atomic E-state index is 0.417. The summed E-state index contributed by atoms with van der Waals surface area (Å²) in [6.45, 7) is 6.75. The molecule has 0 unspecified atom stereocenters. The first-order chi connectivity index (χ1) is 7.24. The third-order valence-corrected chi connectivity index (χ3v) is 1.46. The summed E-state index contributed by atoms with van der Waals surface area (Å²) in [5.74, 6) is 0. The zero-order chi connectivity index (χ0) is 12.4. The van der Waals surface area contributed by atoms with Crippen LogP contribution in [0.4, 0.5) is 0 Å². The van der Waals surface area contributed by atoms with Crippen LogP contribution in [0, 0.1) is 0 Å². The molecule has 0 N–H and O–H groups in total. The van der Waals surface area contributed by atoms with Crippen molar-refractivity contribution in [2.45, 2.75) is 0 Å². The van der Waals surface area contributed by atoms with Gasteiger partial charge >= 0.3 is 0 Å². The molecule has 6 heteroatoms. The highest BCUT2D eigenvalue weighted by Crippen LogP contribution is 1.78. The molecule has 0 aromatic heterocycles. The van der Waals surface area contributed by atoms with Gasteiger partial charge in [0.25, 0.3) is 0 Å². The van der Waals surface area contributed by atoms with E-state index >= 15 is 0 Å². The molecule has 0 aliphatic rings. The first-order valence-electron chi connectivity index (χ1n) is 3.96. The lowest BCUT2D eigenvalue weighted by atomic mass is 11.1. The quantitative estimate of drug-likeness (QED) is 0.566. The Morgan fingerprint density at radius 3 is 1.27 bits per heavy atom. The lowest BCUT2D eigenvalue weighted by Gasteiger charge is -1.68. The maximum absolute atomic E-state index is 3.69. The molecule has 0 rings (SSSR count). The lowest BCUT2D eigenvalue weighted by molar-refractivity contribution is 1.10. The first-order valence-corrected chi connectivity index (χ1v) is 6.54. The summed E-state index contributed by atoms with van der Waals surface area (Å²) in [5, 5.41) is 0. The van der Waals surface area contributed by atoms with Gasteiger partial charge in [0.2, 0.25) is 0 Å². The summed E-state index contributed by atoms with van der Waals surface area (Å²) in [5.41, 5.74) is 3.58. The van der Waals surface area contributed by atoms with Crippen molar-refractivity contribution in [3.05, 3.63) is 0 Å². The largest absolute Gasteiger partial charge is 0.290 e. The van der Waals surface area contributed by atoms with Gasteiger partial charge in [0, 0.05) is 14.1 Å². The lowest BCUT2D eigenvalue weighted by Crippen LogP contribution is -1.61. The molecule has 0 saturated heterocycles. The fraction of sp³-hybridized carbons (Fsp3) is 0.556. The van der Waals surface area contributed by atoms with E-state index in [0.717, 1.165) is 0 Å². The number of hydrogen-bond donors (Lipinski definition) is 0. The van der Waals surface area contributed by atoms with Crippen LogP contribution in [0.2, 0.25) is 0 Å². The monoisotopic (exact) mass is 248 g/mol. The van der Waals surface area contributed by atoms with Gasteiger partial charge in [-0.25, -0.2) is 0 Å². The van der Waals surface area contributed by atoms with Crippen LogP contribution in [-0.4, -0.2) is 57.8 Å². The van der Waals surface area contributed by atoms with Gasteiger partial charge in [-0.15, -0.1) is 23.5 Å². The Bertz CT molecular complexity index is 151. The maximum Gasteiger partial charge on any atom is 0.127 e. The molecule has 0 atom stereocenters. The predicted octanol–water partition coefficient (Wildman–Crippen LogP) is 2.36. The van der Waals surface area contributed by atoms with E-state index in [1.165, 1.54) is 0 Å². The second kappa shape index (κ2) is 29.2. The Kier molecular flexibility index (Phi) is 38.7. The standard InChI is InChI=1S/C3H6N2.2C3H7NS/c3*1-4-3-5-2/h1-3H2;2*3H,1-2H3. The maximum atomic E-state index is 3.69. The first kappa shape index (κ1) is 19.9. The molecule has 0 fully saturated rings. The van der Waals surface area contributed by atoms with Gasteiger partial charge in [-0.3, -0.25) is 20.0 Å². The summed E-state index contributed by atoms with van der Waals surface area (Å²) in [6, 6.07) is 0. The van der Waals surface area contributed by atoms with Crippen molar-refractivity contribution < 1.29 is 0 Å². The van der Waals surface area contributed by atoms with Crippen LogP contribution in [0.1, 0.15) is 0 Å². The molecule has 4 nitrogen and oxygen atoms in total. The van der Waals surface area contributed by atoms with Gasteiger partial charge in [0.1, 0.15) is 6.67 Å². The topological polar surface area (TPSA) is 49.4 Å². The number of thioether (sulfide) groups is 2. The number of rotatable bonds is 4. The van der Waals surface area contributed by atoms with E-state index < -0.39 is 0 Å². The third kappa shape index (κ3) is 59.9. The van der Waals surface area contributed by atoms with Crippen LogP contribution in [0.15, 0.2) is 20.0 Å². The summed E-state index contributed by atoms with van der Waals surface area (Å²) >= 11 is 3.22. The Labute approximate surface area is 101 Å². The van der Waals surface area contributed by atoms with Gasteiger partial charge < -0.3 is 0 Å². The average molecular weight is 248 g/mol. The minimum Gasteiger partial charge on any atom is -0.290 e. The van der Waals surface area contributed by atoms with Crippen molar-refractivity contribution in [3.63, 3.8) is 0 Å². The Hall–Kier alpha value is -0.620. The summed E-state index contributed by atoms with van der Waals surface area (Å²) < 4.78 is 0. The van der Waals surface area contributed by atoms with Crippen molar-refractivity contribution in [1.82, 2.24) is 0 Å². The zero-order valence-corrected chi connectivity index (χ0v) is 11.5. The molecule has 15 heavy (non-hydrogen) atoms. The van der Waals surface area contributed by atoms with Crippen LogP contribution in [0.3, 0.4) is 0 Å². The van der Waals surface area contributed by atoms with E-state index in [9.17, 15) is 0 Å². The average Bonchev–Trinajstić information content (AvgIpc) is 2.23. The van der Waals surface area contributed by atoms with Crippen molar-refractivity contribution in [3.8, 4) is 0 Å². The minimum atomic E-state index is 0.417. The van der Waals surface area contributed by atoms with E-state index in [-0.39, 0.29) is 0 Å². The molecular weight excluding hydrogens is 228 g/mol. The van der Waals surface area contributed by atoms with Crippen LogP contribution >= 0.6 is 23.5 Å². The number of nitrogens with zero attached hydrogens (tertiary/aromatic N) is 4. The Balaban J connectivity index is -0.000000144. The Morgan fingerprint density at radius 1 is 0.933 bits per heavy atom. The van der Waals surface area contributed by atoms with E-state index in [1.54, 1.807) is 48.7 Å². The van der Waals surface area contributed by atoms with Crippen LogP contribution in [-0.2, 0) is 0 Å². The summed E-state index contributed by atoms with van der Waals surface area (Å²) in [4.78, 5) is 14.1. The number of hydrogen-bond acceptors (Lipinski definition) is 6. The smallest absolute Gasteiger partial charge is 0.127 e. The molecule has 0 aliphatic heterocycles. The van der Waals surface area contributed by atoms with E-state index in [4.69, 9.17) is 0 Å². The molecule has 0 amide bonds. The third-order valence-electron chi connectivity index (χ3n) is 0.622. The second-order valence-electron chi connectivity index (χ2n) is 1.79. The van der Waals surface area contributed by atoms with Crippen LogP contribution in [0.25, 0.3) is 0 Å². The van der Waals surface area contributed by atoms with Crippen molar-refractivity contribution in [2.75, 3.05) is 33.3 Å². The van der Waals surface area contributed by atoms with Crippen molar-refractivity contribution in [1.29, 1.82) is 0 Å². The van der Waals surface area contributed by atoms with Gasteiger partial charge in [-0.05, 0) is 25.9 Å². The summed E-state index contributed by atoms with van der Waals surface area (Å²) in [7, 11) is 3.52. The van der Waals surface area contributed by atoms with Crippen LogP contribution in [0.5, 0.6) is 0 Å². The van der Waals surface area contributed by atoms with E-state index in [2.05, 4.69) is 33.4 Å². The fourth-order valence-electron chi connectivity index (χ4n) is 0.282. The van der Waals surface area contributed by atoms with Crippen molar-refractivity contribution in [2.24, 2.45) is 20.0 Å². The number of aliphatic imine (C=N–C) groups is 4. The highest BCUT2D eigenvalue weighted by atomic mass is 32.2. The second-order valence-corrected chi connectivity index (χ2v) is 3.15. The van der Waals surface area contributed by atoms with Gasteiger partial charge in [0.05, 0.1) is 11.1 Å². The molecule has 0 radical (unpaired) electrons. The molecule has 0 saturated carbocycles. The molecule has 0 aromatic rings. The summed E-state index contributed by atoms with van der Waals surface area (Å²) in [6.07, 6.45) is 3.96. The molecule has 0 heterocycles. The van der Waals surface area contributed by atoms with E-state index in [1.807, 2.05) is 12.5 Å². The van der Waals surface area contributed by atoms with E-state index in [0.29, 0.717) is 6.67 Å². The van der Waals surface area contributed by atoms with Gasteiger partial charge in [-0.1, -0.05) is 0 Å². The SMILES string of the molecule is C=NCN=C.CN=CSC.CN=CSC. The van der Waals surface area contributed by atoms with Crippen molar-refractivity contribution >= 4 is 48.1 Å². The molecule has 0 bridgehead atoms. The molecule has 0 spiro atoms. The van der Waals surface area contributed by atoms with Crippen LogP contribution < -0.4 is 0 Å². The molecule has 88 valence electrons. The molecular formula is C9H20N4S2. The zero-order valence-electron chi connectivity index (χ0n) is 9.88. The fourth-order valence-corrected chi connectivity index (χ4v) is 0.703. The Morgan fingerprint density at radius 2 is 1.27 bits per heavy atom. The van der Waals surface area contributed by atoms with Gasteiger partial charge in [0.15, 0.2) is 0 Å². The van der Waals surface area contributed by atoms with Gasteiger partial charge in [-0.2, -0.15) is 0 Å². The predicted molar refractivity (Wildman–Crippen MR) is 79.8 cm³/mol. The molecule has 0 aromatic carbocycles. The normalized spacial score (nSPS) is 8.80.